The molecule has 34 heavy (non-hydrogen) atoms. The van der Waals surface area contributed by atoms with E-state index in [0.717, 1.165) is 18.6 Å². The van der Waals surface area contributed by atoms with Gasteiger partial charge in [0.15, 0.2) is 12.4 Å². The number of Topliss-reactive ketones (excluding diaryl/α,β-unsaturated/α-hetero) is 1. The average Bonchev–Trinajstić information content (AvgIpc) is 3.20. The fourth-order valence-electron chi connectivity index (χ4n) is 4.45. The van der Waals surface area contributed by atoms with Crippen LogP contribution in [0.5, 0.6) is 0 Å². The SMILES string of the molecule is O=C(C[n+]1ccc(CCSC2Cc3cccc4cccc2c34)cc1)c1ccc([N+](=O)[O-])cc1.[Br-]. The Morgan fingerprint density at radius 3 is 2.41 bits per heavy atom. The van der Waals surface area contributed by atoms with Crippen LogP contribution in [0.25, 0.3) is 10.8 Å². The number of non-ortho nitro benzene ring substituents is 1. The van der Waals surface area contributed by atoms with Crippen LogP contribution >= 0.6 is 11.8 Å². The third-order valence-electron chi connectivity index (χ3n) is 6.17. The van der Waals surface area contributed by atoms with E-state index in [-0.39, 0.29) is 35.0 Å². The summed E-state index contributed by atoms with van der Waals surface area (Å²) in [6, 6.07) is 23.1. The van der Waals surface area contributed by atoms with Crippen molar-refractivity contribution in [2.24, 2.45) is 0 Å². The Kier molecular flexibility index (Phi) is 7.44. The summed E-state index contributed by atoms with van der Waals surface area (Å²) in [7, 11) is 0. The zero-order valence-electron chi connectivity index (χ0n) is 18.4. The van der Waals surface area contributed by atoms with Crippen LogP contribution in [0.15, 0.2) is 85.2 Å². The fraction of sp³-hybridized carbons (Fsp3) is 0.185. The molecular formula is C27H23BrN2O3S. The summed E-state index contributed by atoms with van der Waals surface area (Å²) in [6.45, 7) is 0.206. The number of hydrogen-bond donors (Lipinski definition) is 0. The molecule has 1 unspecified atom stereocenters. The van der Waals surface area contributed by atoms with Crippen molar-refractivity contribution in [1.82, 2.24) is 0 Å². The Morgan fingerprint density at radius 1 is 1.00 bits per heavy atom. The van der Waals surface area contributed by atoms with Gasteiger partial charge in [0.1, 0.15) is 0 Å². The van der Waals surface area contributed by atoms with Crippen LogP contribution in [0.3, 0.4) is 0 Å². The molecule has 3 aromatic carbocycles. The number of aryl methyl sites for hydroxylation is 1. The molecule has 1 atom stereocenters. The van der Waals surface area contributed by atoms with E-state index in [1.165, 1.54) is 51.7 Å². The molecule has 0 bridgehead atoms. The summed E-state index contributed by atoms with van der Waals surface area (Å²) in [6.07, 6.45) is 5.93. The number of thioether (sulfide) groups is 1. The molecule has 5 rings (SSSR count). The zero-order valence-corrected chi connectivity index (χ0v) is 20.8. The quantitative estimate of drug-likeness (QED) is 0.151. The lowest BCUT2D eigenvalue weighted by Gasteiger charge is -2.11. The molecule has 5 nitrogen and oxygen atoms in total. The summed E-state index contributed by atoms with van der Waals surface area (Å²) in [5.74, 6) is 0.967. The van der Waals surface area contributed by atoms with E-state index in [9.17, 15) is 14.9 Å². The van der Waals surface area contributed by atoms with Crippen LogP contribution in [0.1, 0.15) is 32.3 Å². The topological polar surface area (TPSA) is 64.1 Å². The Morgan fingerprint density at radius 2 is 1.71 bits per heavy atom. The van der Waals surface area contributed by atoms with Gasteiger partial charge in [0.2, 0.25) is 12.3 Å². The maximum Gasteiger partial charge on any atom is 0.269 e. The van der Waals surface area contributed by atoms with Crippen molar-refractivity contribution in [3.8, 4) is 0 Å². The molecule has 0 aliphatic heterocycles. The predicted octanol–water partition coefficient (Wildman–Crippen LogP) is 2.50. The fourth-order valence-corrected chi connectivity index (χ4v) is 5.76. The number of nitrogens with zero attached hydrogens (tertiary/aromatic N) is 2. The minimum atomic E-state index is -0.466. The molecule has 0 saturated carbocycles. The lowest BCUT2D eigenvalue weighted by atomic mass is 10.1. The molecule has 0 amide bonds. The van der Waals surface area contributed by atoms with Gasteiger partial charge >= 0.3 is 0 Å². The number of halogens is 1. The van der Waals surface area contributed by atoms with Crippen molar-refractivity contribution in [3.63, 3.8) is 0 Å². The number of hydrogen-bond acceptors (Lipinski definition) is 4. The van der Waals surface area contributed by atoms with Crippen LogP contribution in [0, 0.1) is 10.1 Å². The second-order valence-corrected chi connectivity index (χ2v) is 9.59. The summed E-state index contributed by atoms with van der Waals surface area (Å²) in [5, 5.41) is 14.1. The number of rotatable bonds is 8. The van der Waals surface area contributed by atoms with E-state index in [1.807, 2.05) is 28.7 Å². The van der Waals surface area contributed by atoms with E-state index < -0.39 is 4.92 Å². The second kappa shape index (κ2) is 10.5. The highest BCUT2D eigenvalue weighted by molar-refractivity contribution is 7.99. The summed E-state index contributed by atoms with van der Waals surface area (Å²) in [4.78, 5) is 22.8. The highest BCUT2D eigenvalue weighted by Gasteiger charge is 2.24. The van der Waals surface area contributed by atoms with E-state index >= 15 is 0 Å². The van der Waals surface area contributed by atoms with Gasteiger partial charge in [0, 0.05) is 35.1 Å². The van der Waals surface area contributed by atoms with Crippen molar-refractivity contribution in [3.05, 3.63) is 118 Å². The molecule has 0 fully saturated rings. The molecule has 1 aliphatic carbocycles. The molecule has 172 valence electrons. The van der Waals surface area contributed by atoms with E-state index in [4.69, 9.17) is 0 Å². The van der Waals surface area contributed by atoms with Gasteiger partial charge in [-0.05, 0) is 58.2 Å². The Labute approximate surface area is 212 Å². The van der Waals surface area contributed by atoms with Crippen molar-refractivity contribution in [2.45, 2.75) is 24.6 Å². The third kappa shape index (κ3) is 5.05. The van der Waals surface area contributed by atoms with Crippen LogP contribution < -0.4 is 21.5 Å². The molecule has 7 heteroatoms. The lowest BCUT2D eigenvalue weighted by molar-refractivity contribution is -0.683. The maximum absolute atomic E-state index is 12.5. The Hall–Kier alpha value is -3.03. The number of aromatic nitrogens is 1. The number of pyridine rings is 1. The van der Waals surface area contributed by atoms with E-state index in [1.54, 1.807) is 0 Å². The third-order valence-corrected chi connectivity index (χ3v) is 7.43. The summed E-state index contributed by atoms with van der Waals surface area (Å²) in [5.41, 5.74) is 4.62. The maximum atomic E-state index is 12.5. The molecular weight excluding hydrogens is 512 g/mol. The minimum absolute atomic E-state index is 0. The van der Waals surface area contributed by atoms with Crippen molar-refractivity contribution >= 4 is 34.0 Å². The zero-order chi connectivity index (χ0) is 22.8. The van der Waals surface area contributed by atoms with Crippen molar-refractivity contribution in [1.29, 1.82) is 0 Å². The number of carbonyl (C=O) groups is 1. The molecule has 1 aromatic heterocycles. The number of nitro benzene ring substituents is 1. The first-order valence-electron chi connectivity index (χ1n) is 11.0. The highest BCUT2D eigenvalue weighted by Crippen LogP contribution is 2.44. The molecule has 0 spiro atoms. The minimum Gasteiger partial charge on any atom is -1.00 e. The first kappa shape index (κ1) is 24.1. The van der Waals surface area contributed by atoms with Crippen molar-refractivity contribution in [2.75, 3.05) is 5.75 Å². The van der Waals surface area contributed by atoms with Gasteiger partial charge in [-0.1, -0.05) is 36.4 Å². The monoisotopic (exact) mass is 534 g/mol. The Bertz CT molecular complexity index is 1340. The lowest BCUT2D eigenvalue weighted by Crippen LogP contribution is -3.00. The molecule has 0 radical (unpaired) electrons. The number of carbonyl (C=O) groups excluding carboxylic acids is 1. The van der Waals surface area contributed by atoms with E-state index in [2.05, 4.69) is 48.5 Å². The van der Waals surface area contributed by atoms with Crippen LogP contribution in [0.4, 0.5) is 5.69 Å². The molecule has 1 heterocycles. The highest BCUT2D eigenvalue weighted by atomic mass is 79.9. The van der Waals surface area contributed by atoms with Crippen LogP contribution in [-0.4, -0.2) is 16.5 Å². The van der Waals surface area contributed by atoms with Crippen LogP contribution in [-0.2, 0) is 19.4 Å². The normalized spacial score (nSPS) is 14.1. The number of ketones is 1. The number of nitro groups is 1. The van der Waals surface area contributed by atoms with Gasteiger partial charge in [-0.25, -0.2) is 0 Å². The van der Waals surface area contributed by atoms with Crippen LogP contribution in [0.2, 0.25) is 0 Å². The molecule has 1 aliphatic rings. The van der Waals surface area contributed by atoms with Gasteiger partial charge in [-0.3, -0.25) is 14.9 Å². The first-order valence-corrected chi connectivity index (χ1v) is 12.0. The average molecular weight is 535 g/mol. The van der Waals surface area contributed by atoms with Gasteiger partial charge in [0.25, 0.3) is 5.69 Å². The molecule has 0 N–H and O–H groups in total. The van der Waals surface area contributed by atoms with Gasteiger partial charge < -0.3 is 17.0 Å². The van der Waals surface area contributed by atoms with Crippen molar-refractivity contribution < 1.29 is 31.3 Å². The smallest absolute Gasteiger partial charge is 0.269 e. The van der Waals surface area contributed by atoms with Gasteiger partial charge in [-0.15, -0.1) is 0 Å². The standard InChI is InChI=1S/C27H23N2O3S.BrH/c30-25(20-7-9-23(10-8-20)29(31)32)18-28-14-11-19(12-15-28)13-16-33-26-17-22-5-1-3-21-4-2-6-24(26)27(21)22;/h1-12,14-15,26H,13,16-18H2;1H/q+1;/p-1. The second-order valence-electron chi connectivity index (χ2n) is 8.28. The predicted molar refractivity (Wildman–Crippen MR) is 131 cm³/mol. The van der Waals surface area contributed by atoms with E-state index in [0.29, 0.717) is 10.8 Å². The Balaban J connectivity index is 0.00000274. The van der Waals surface area contributed by atoms with Gasteiger partial charge in [0.05, 0.1) is 4.92 Å². The largest absolute Gasteiger partial charge is 1.00 e. The number of benzene rings is 3. The van der Waals surface area contributed by atoms with Gasteiger partial charge in [-0.2, -0.15) is 16.3 Å². The first-order chi connectivity index (χ1) is 16.1. The summed E-state index contributed by atoms with van der Waals surface area (Å²) >= 11 is 2.01. The molecule has 4 aromatic rings. The molecule has 0 saturated heterocycles. The summed E-state index contributed by atoms with van der Waals surface area (Å²) < 4.78 is 1.84.